The molecule has 0 aliphatic carbocycles. The molecule has 39 heavy (non-hydrogen) atoms. The summed E-state index contributed by atoms with van der Waals surface area (Å²) < 4.78 is 118. The Bertz CT molecular complexity index is 1800. The van der Waals surface area contributed by atoms with Gasteiger partial charge in [0.2, 0.25) is 11.6 Å². The standard InChI is InChI=1S/C27H29N5O6S/c1-27(2,3)18-10-12-19(13-11-18)39(34,35)32-23-22(38-21-9-6-5-8-20(21)36-4)26(37-17-16-33)31-25(30-23)24-28-14-7-15-29-24/h5-15,33H,16-17H2,1-4H3,(H,30,31,32)/i1D3,2D3,3D3. The van der Waals surface area contributed by atoms with E-state index < -0.39 is 58.9 Å². The summed E-state index contributed by atoms with van der Waals surface area (Å²) in [5.74, 6) is -1.07. The van der Waals surface area contributed by atoms with Crippen LogP contribution in [0, 0.1) is 0 Å². The minimum Gasteiger partial charge on any atom is -0.493 e. The third kappa shape index (κ3) is 6.59. The topological polar surface area (TPSA) is 146 Å². The minimum absolute atomic E-state index is 0.0321. The number of hydrogen-bond acceptors (Lipinski definition) is 10. The summed E-state index contributed by atoms with van der Waals surface area (Å²) >= 11 is 0. The van der Waals surface area contributed by atoms with Crippen molar-refractivity contribution < 1.29 is 40.1 Å². The molecule has 2 aromatic heterocycles. The highest BCUT2D eigenvalue weighted by atomic mass is 32.2. The number of nitrogens with zero attached hydrogens (tertiary/aromatic N) is 4. The maximum Gasteiger partial charge on any atom is 0.263 e. The minimum atomic E-state index is -4.67. The Kier molecular flexibility index (Phi) is 5.39. The van der Waals surface area contributed by atoms with Crippen LogP contribution in [0.5, 0.6) is 23.1 Å². The van der Waals surface area contributed by atoms with Crippen LogP contribution >= 0.6 is 0 Å². The first-order valence-electron chi connectivity index (χ1n) is 15.7. The molecule has 0 saturated carbocycles. The summed E-state index contributed by atoms with van der Waals surface area (Å²) in [6.45, 7) is -11.4. The van der Waals surface area contributed by atoms with Gasteiger partial charge in [-0.2, -0.15) is 4.98 Å². The molecule has 0 aliphatic heterocycles. The monoisotopic (exact) mass is 560 g/mol. The van der Waals surface area contributed by atoms with Gasteiger partial charge in [0.1, 0.15) is 6.61 Å². The first-order chi connectivity index (χ1) is 22.4. The van der Waals surface area contributed by atoms with E-state index in [0.717, 1.165) is 24.3 Å². The van der Waals surface area contributed by atoms with Gasteiger partial charge in [-0.25, -0.2) is 23.4 Å². The normalized spacial score (nSPS) is 16.0. The summed E-state index contributed by atoms with van der Waals surface area (Å²) in [5, 5.41) is 9.44. The summed E-state index contributed by atoms with van der Waals surface area (Å²) in [4.78, 5) is 16.2. The van der Waals surface area contributed by atoms with E-state index in [-0.39, 0.29) is 41.4 Å². The molecule has 204 valence electrons. The van der Waals surface area contributed by atoms with Gasteiger partial charge in [0.25, 0.3) is 15.9 Å². The highest BCUT2D eigenvalue weighted by Gasteiger charge is 2.26. The highest BCUT2D eigenvalue weighted by Crippen LogP contribution is 2.41. The van der Waals surface area contributed by atoms with Gasteiger partial charge in [0.15, 0.2) is 23.1 Å². The van der Waals surface area contributed by atoms with Gasteiger partial charge in [-0.3, -0.25) is 4.72 Å². The maximum atomic E-state index is 13.8. The fourth-order valence-electron chi connectivity index (χ4n) is 3.23. The van der Waals surface area contributed by atoms with Crippen LogP contribution in [0.15, 0.2) is 71.9 Å². The van der Waals surface area contributed by atoms with Crippen molar-refractivity contribution in [2.75, 3.05) is 25.0 Å². The van der Waals surface area contributed by atoms with Gasteiger partial charge >= 0.3 is 0 Å². The summed E-state index contributed by atoms with van der Waals surface area (Å²) in [6, 6.07) is 11.3. The zero-order valence-electron chi connectivity index (χ0n) is 29.5. The Balaban J connectivity index is 1.88. The average molecular weight is 561 g/mol. The molecule has 2 N–H and O–H groups in total. The molecular weight excluding hydrogens is 522 g/mol. The van der Waals surface area contributed by atoms with Gasteiger partial charge in [0.05, 0.1) is 18.6 Å². The van der Waals surface area contributed by atoms with Gasteiger partial charge < -0.3 is 19.3 Å². The lowest BCUT2D eigenvalue weighted by Gasteiger charge is -2.20. The fraction of sp³-hybridized carbons (Fsp3) is 0.259. The van der Waals surface area contributed by atoms with Crippen LogP contribution in [0.4, 0.5) is 5.82 Å². The number of aromatic nitrogens is 4. The van der Waals surface area contributed by atoms with Crippen molar-refractivity contribution in [2.24, 2.45) is 0 Å². The summed E-state index contributed by atoms with van der Waals surface area (Å²) in [5.41, 5.74) is -3.99. The lowest BCUT2D eigenvalue weighted by atomic mass is 9.87. The molecule has 4 rings (SSSR count). The molecule has 2 heterocycles. The third-order valence-electron chi connectivity index (χ3n) is 5.04. The van der Waals surface area contributed by atoms with Crippen molar-refractivity contribution in [3.05, 3.63) is 72.6 Å². The Hall–Kier alpha value is -4.29. The number of benzene rings is 2. The molecule has 2 aromatic carbocycles. The number of aliphatic hydroxyl groups is 1. The van der Waals surface area contributed by atoms with Crippen molar-refractivity contribution in [1.82, 2.24) is 19.9 Å². The number of methoxy groups -OCH3 is 1. The summed E-state index contributed by atoms with van der Waals surface area (Å²) in [7, 11) is -3.29. The third-order valence-corrected chi connectivity index (χ3v) is 6.39. The van der Waals surface area contributed by atoms with E-state index in [1.165, 1.54) is 31.6 Å². The maximum absolute atomic E-state index is 13.8. The van der Waals surface area contributed by atoms with E-state index in [9.17, 15) is 13.5 Å². The number of ether oxygens (including phenoxy) is 3. The molecule has 0 unspecified atom stereocenters. The second-order valence-corrected chi connectivity index (χ2v) is 9.49. The molecule has 4 aromatic rings. The molecule has 0 aliphatic rings. The number of hydrogen-bond donors (Lipinski definition) is 2. The molecule has 12 heteroatoms. The van der Waals surface area contributed by atoms with Gasteiger partial charge in [-0.1, -0.05) is 44.8 Å². The van der Waals surface area contributed by atoms with Gasteiger partial charge in [0, 0.05) is 24.7 Å². The molecule has 0 amide bonds. The van der Waals surface area contributed by atoms with Gasteiger partial charge in [-0.15, -0.1) is 0 Å². The Morgan fingerprint density at radius 2 is 1.64 bits per heavy atom. The van der Waals surface area contributed by atoms with Crippen molar-refractivity contribution in [2.45, 2.75) is 30.9 Å². The molecule has 0 atom stereocenters. The van der Waals surface area contributed by atoms with Crippen LogP contribution in [-0.4, -0.2) is 53.8 Å². The Morgan fingerprint density at radius 3 is 2.28 bits per heavy atom. The molecule has 0 spiro atoms. The van der Waals surface area contributed by atoms with E-state index in [2.05, 4.69) is 24.7 Å². The highest BCUT2D eigenvalue weighted by molar-refractivity contribution is 7.92. The van der Waals surface area contributed by atoms with Crippen molar-refractivity contribution >= 4 is 15.8 Å². The molecule has 0 radical (unpaired) electrons. The second kappa shape index (κ2) is 11.6. The molecule has 0 bridgehead atoms. The first kappa shape index (κ1) is 18.1. The predicted octanol–water partition coefficient (Wildman–Crippen LogP) is 4.20. The number of anilines is 1. The number of aliphatic hydroxyl groups excluding tert-OH is 1. The van der Waals surface area contributed by atoms with E-state index in [0.29, 0.717) is 0 Å². The first-order valence-corrected chi connectivity index (χ1v) is 12.7. The van der Waals surface area contributed by atoms with E-state index in [1.807, 2.05) is 0 Å². The van der Waals surface area contributed by atoms with Crippen molar-refractivity contribution in [3.63, 3.8) is 0 Å². The van der Waals surface area contributed by atoms with Crippen LogP contribution in [0.25, 0.3) is 11.6 Å². The lowest BCUT2D eigenvalue weighted by Crippen LogP contribution is -2.17. The zero-order chi connectivity index (χ0) is 35.5. The molecule has 11 nitrogen and oxygen atoms in total. The lowest BCUT2D eigenvalue weighted by molar-refractivity contribution is 0.192. The van der Waals surface area contributed by atoms with Crippen molar-refractivity contribution in [3.8, 4) is 34.8 Å². The quantitative estimate of drug-likeness (QED) is 0.289. The smallest absolute Gasteiger partial charge is 0.263 e. The predicted molar refractivity (Wildman–Crippen MR) is 145 cm³/mol. The van der Waals surface area contributed by atoms with Crippen LogP contribution in [0.3, 0.4) is 0 Å². The number of nitrogens with one attached hydrogen (secondary N) is 1. The van der Waals surface area contributed by atoms with E-state index in [1.54, 1.807) is 18.2 Å². The Morgan fingerprint density at radius 1 is 0.949 bits per heavy atom. The van der Waals surface area contributed by atoms with Crippen LogP contribution in [-0.2, 0) is 15.4 Å². The second-order valence-electron chi connectivity index (χ2n) is 7.81. The SMILES string of the molecule is [2H]C([2H])([2H])C(c1ccc(S(=O)(=O)Nc2nc(-c3ncccn3)nc(OCCO)c2Oc2ccccc2OC)cc1)(C([2H])([2H])[2H])C([2H])([2H])[2H]. The van der Waals surface area contributed by atoms with Crippen LogP contribution in [0.1, 0.15) is 38.5 Å². The summed E-state index contributed by atoms with van der Waals surface area (Å²) in [6.07, 6.45) is 2.78. The number of para-hydroxylation sites is 2. The fourth-order valence-corrected chi connectivity index (χ4v) is 4.23. The van der Waals surface area contributed by atoms with Gasteiger partial charge in [-0.05, 0) is 41.3 Å². The van der Waals surface area contributed by atoms with Crippen LogP contribution in [0.2, 0.25) is 0 Å². The van der Waals surface area contributed by atoms with E-state index >= 15 is 0 Å². The molecular formula is C27H29N5O6S. The number of sulfonamides is 1. The number of rotatable bonds is 10. The largest absolute Gasteiger partial charge is 0.493 e. The average Bonchev–Trinajstić information content (AvgIpc) is 3.00. The Labute approximate surface area is 239 Å². The molecule has 0 saturated heterocycles. The van der Waals surface area contributed by atoms with Crippen molar-refractivity contribution in [1.29, 1.82) is 0 Å². The zero-order valence-corrected chi connectivity index (χ0v) is 21.3. The van der Waals surface area contributed by atoms with E-state index in [4.69, 9.17) is 26.5 Å². The van der Waals surface area contributed by atoms with Crippen LogP contribution < -0.4 is 18.9 Å². The molecule has 0 fully saturated rings.